The number of anilines is 1. The van der Waals surface area contributed by atoms with Crippen LogP contribution in [0.2, 0.25) is 0 Å². The minimum Gasteiger partial charge on any atom is -0.378 e. The number of hydrogen-bond acceptors (Lipinski definition) is 5. The first kappa shape index (κ1) is 20.5. The number of nitrogens with zero attached hydrogens (tertiary/aromatic N) is 5. The summed E-state index contributed by atoms with van der Waals surface area (Å²) in [5, 5.41) is 0. The van der Waals surface area contributed by atoms with Crippen LogP contribution < -0.4 is 4.90 Å². The Morgan fingerprint density at radius 2 is 1.75 bits per heavy atom. The van der Waals surface area contributed by atoms with E-state index in [9.17, 15) is 4.79 Å². The first-order valence-corrected chi connectivity index (χ1v) is 11.2. The maximum atomic E-state index is 13.3. The molecule has 1 fully saturated rings. The normalized spacial score (nSPS) is 14.2. The molecule has 164 valence electrons. The van der Waals surface area contributed by atoms with Crippen LogP contribution in [0, 0.1) is 0 Å². The Morgan fingerprint density at radius 3 is 2.47 bits per heavy atom. The van der Waals surface area contributed by atoms with Crippen molar-refractivity contribution in [3.63, 3.8) is 0 Å². The molecule has 2 aromatic carbocycles. The fraction of sp³-hybridized carbons (Fsp3) is 0.320. The SMILES string of the molecule is CCN(CC)C(=O)c1ncc2c(N3CCOCC3)nc3cc(-c4ccccc4)ccc3n12. The third-order valence-corrected chi connectivity index (χ3v) is 6.09. The summed E-state index contributed by atoms with van der Waals surface area (Å²) in [6.45, 7) is 8.10. The number of amides is 1. The van der Waals surface area contributed by atoms with Gasteiger partial charge in [-0.05, 0) is 37.1 Å². The molecule has 0 atom stereocenters. The highest BCUT2D eigenvalue weighted by Gasteiger charge is 2.24. The molecule has 32 heavy (non-hydrogen) atoms. The molecule has 4 aromatic rings. The number of hydrogen-bond donors (Lipinski definition) is 0. The zero-order chi connectivity index (χ0) is 22.1. The number of aromatic nitrogens is 3. The number of ether oxygens (including phenoxy) is 1. The summed E-state index contributed by atoms with van der Waals surface area (Å²) in [5.41, 5.74) is 4.79. The minimum absolute atomic E-state index is 0.0671. The lowest BCUT2D eigenvalue weighted by Gasteiger charge is -2.28. The summed E-state index contributed by atoms with van der Waals surface area (Å²) in [7, 11) is 0. The van der Waals surface area contributed by atoms with Crippen LogP contribution in [0.4, 0.5) is 5.82 Å². The second kappa shape index (κ2) is 8.59. The topological polar surface area (TPSA) is 63.0 Å². The van der Waals surface area contributed by atoms with Crippen molar-refractivity contribution in [1.29, 1.82) is 0 Å². The van der Waals surface area contributed by atoms with Gasteiger partial charge in [-0.15, -0.1) is 0 Å². The first-order chi connectivity index (χ1) is 15.7. The monoisotopic (exact) mass is 429 g/mol. The van der Waals surface area contributed by atoms with Gasteiger partial charge in [-0.3, -0.25) is 9.20 Å². The van der Waals surface area contributed by atoms with Crippen LogP contribution in [0.5, 0.6) is 0 Å². The predicted molar refractivity (Wildman–Crippen MR) is 126 cm³/mol. The second-order valence-corrected chi connectivity index (χ2v) is 7.88. The predicted octanol–water partition coefficient (Wildman–Crippen LogP) is 3.87. The highest BCUT2D eigenvalue weighted by Crippen LogP contribution is 2.30. The molecule has 1 aliphatic heterocycles. The van der Waals surface area contributed by atoms with Crippen LogP contribution in [0.15, 0.2) is 54.7 Å². The summed E-state index contributed by atoms with van der Waals surface area (Å²) in [4.78, 5) is 26.9. The van der Waals surface area contributed by atoms with Gasteiger partial charge in [0, 0.05) is 26.2 Å². The fourth-order valence-corrected chi connectivity index (χ4v) is 4.35. The summed E-state index contributed by atoms with van der Waals surface area (Å²) in [6.07, 6.45) is 1.78. The van der Waals surface area contributed by atoms with Crippen LogP contribution in [0.3, 0.4) is 0 Å². The number of imidazole rings is 1. The van der Waals surface area contributed by atoms with E-state index >= 15 is 0 Å². The van der Waals surface area contributed by atoms with Gasteiger partial charge in [0.15, 0.2) is 5.82 Å². The lowest BCUT2D eigenvalue weighted by molar-refractivity contribution is 0.0760. The lowest BCUT2D eigenvalue weighted by atomic mass is 10.1. The number of benzene rings is 2. The number of carbonyl (C=O) groups excluding carboxylic acids is 1. The Bertz CT molecular complexity index is 1260. The van der Waals surface area contributed by atoms with E-state index in [1.807, 2.05) is 42.5 Å². The molecule has 7 heteroatoms. The van der Waals surface area contributed by atoms with E-state index in [-0.39, 0.29) is 5.91 Å². The van der Waals surface area contributed by atoms with Gasteiger partial charge < -0.3 is 14.5 Å². The molecule has 0 unspecified atom stereocenters. The van der Waals surface area contributed by atoms with E-state index < -0.39 is 0 Å². The van der Waals surface area contributed by atoms with Gasteiger partial charge in [0.05, 0.1) is 30.4 Å². The number of morpholine rings is 1. The lowest BCUT2D eigenvalue weighted by Crippen LogP contribution is -2.37. The summed E-state index contributed by atoms with van der Waals surface area (Å²) in [5.74, 6) is 1.21. The smallest absolute Gasteiger partial charge is 0.290 e. The Labute approximate surface area is 187 Å². The van der Waals surface area contributed by atoms with Crippen molar-refractivity contribution in [1.82, 2.24) is 19.3 Å². The van der Waals surface area contributed by atoms with Gasteiger partial charge in [-0.2, -0.15) is 0 Å². The van der Waals surface area contributed by atoms with E-state index in [0.29, 0.717) is 32.1 Å². The molecule has 0 radical (unpaired) electrons. The minimum atomic E-state index is -0.0671. The molecule has 2 aromatic heterocycles. The summed E-state index contributed by atoms with van der Waals surface area (Å²) >= 11 is 0. The van der Waals surface area contributed by atoms with Gasteiger partial charge in [-0.25, -0.2) is 9.97 Å². The Kier molecular flexibility index (Phi) is 5.49. The molecule has 0 aliphatic carbocycles. The van der Waals surface area contributed by atoms with Gasteiger partial charge in [0.1, 0.15) is 5.52 Å². The maximum Gasteiger partial charge on any atom is 0.290 e. The maximum absolute atomic E-state index is 13.3. The van der Waals surface area contributed by atoms with Crippen LogP contribution in [0.25, 0.3) is 27.7 Å². The van der Waals surface area contributed by atoms with Crippen LogP contribution in [0.1, 0.15) is 24.5 Å². The molecule has 3 heterocycles. The molecule has 0 N–H and O–H groups in total. The van der Waals surface area contributed by atoms with Crippen molar-refractivity contribution in [3.8, 4) is 11.1 Å². The number of fused-ring (bicyclic) bond motifs is 3. The Balaban J connectivity index is 1.75. The molecule has 5 rings (SSSR count). The van der Waals surface area contributed by atoms with Crippen molar-refractivity contribution >= 4 is 28.3 Å². The molecule has 1 aliphatic rings. The van der Waals surface area contributed by atoms with Gasteiger partial charge in [-0.1, -0.05) is 36.4 Å². The molecular weight excluding hydrogens is 402 g/mol. The molecule has 0 saturated carbocycles. The summed E-state index contributed by atoms with van der Waals surface area (Å²) in [6, 6.07) is 16.5. The third-order valence-electron chi connectivity index (χ3n) is 6.09. The van der Waals surface area contributed by atoms with E-state index in [2.05, 4.69) is 34.1 Å². The van der Waals surface area contributed by atoms with E-state index in [1.54, 1.807) is 11.1 Å². The van der Waals surface area contributed by atoms with E-state index in [4.69, 9.17) is 9.72 Å². The molecule has 7 nitrogen and oxygen atoms in total. The molecule has 0 spiro atoms. The molecule has 1 saturated heterocycles. The Hall–Kier alpha value is -3.45. The molecule has 1 amide bonds. The fourth-order valence-electron chi connectivity index (χ4n) is 4.35. The largest absolute Gasteiger partial charge is 0.378 e. The van der Waals surface area contributed by atoms with Crippen LogP contribution >= 0.6 is 0 Å². The quantitative estimate of drug-likeness (QED) is 0.482. The van der Waals surface area contributed by atoms with Crippen molar-refractivity contribution in [2.75, 3.05) is 44.3 Å². The second-order valence-electron chi connectivity index (χ2n) is 7.88. The van der Waals surface area contributed by atoms with Crippen molar-refractivity contribution in [2.45, 2.75) is 13.8 Å². The van der Waals surface area contributed by atoms with Gasteiger partial charge in [0.2, 0.25) is 5.82 Å². The highest BCUT2D eigenvalue weighted by atomic mass is 16.5. The van der Waals surface area contributed by atoms with Crippen molar-refractivity contribution in [2.24, 2.45) is 0 Å². The number of rotatable bonds is 5. The van der Waals surface area contributed by atoms with Gasteiger partial charge in [0.25, 0.3) is 5.91 Å². The average Bonchev–Trinajstić information content (AvgIpc) is 3.30. The summed E-state index contributed by atoms with van der Waals surface area (Å²) < 4.78 is 7.52. The zero-order valence-electron chi connectivity index (χ0n) is 18.5. The Morgan fingerprint density at radius 1 is 1.00 bits per heavy atom. The van der Waals surface area contributed by atoms with Crippen LogP contribution in [-0.2, 0) is 4.74 Å². The van der Waals surface area contributed by atoms with Gasteiger partial charge >= 0.3 is 0 Å². The third kappa shape index (κ3) is 3.48. The number of carbonyl (C=O) groups is 1. The zero-order valence-corrected chi connectivity index (χ0v) is 18.5. The standard InChI is InChI=1S/C25H27N5O2/c1-3-28(4-2)25(31)24-26-17-22-23(29-12-14-32-15-13-29)27-20-16-19(10-11-21(20)30(22)24)18-8-6-5-7-9-18/h5-11,16-17H,3-4,12-15H2,1-2H3. The first-order valence-electron chi connectivity index (χ1n) is 11.2. The van der Waals surface area contributed by atoms with E-state index in [0.717, 1.165) is 46.6 Å². The molecule has 0 bridgehead atoms. The highest BCUT2D eigenvalue weighted by molar-refractivity contribution is 5.96. The van der Waals surface area contributed by atoms with Crippen molar-refractivity contribution in [3.05, 3.63) is 60.6 Å². The van der Waals surface area contributed by atoms with Crippen LogP contribution in [-0.4, -0.2) is 64.6 Å². The molecular formula is C25H27N5O2. The average molecular weight is 430 g/mol. The van der Waals surface area contributed by atoms with E-state index in [1.165, 1.54) is 0 Å². The van der Waals surface area contributed by atoms with Crippen molar-refractivity contribution < 1.29 is 9.53 Å².